The first-order valence-corrected chi connectivity index (χ1v) is 10.1. The highest BCUT2D eigenvalue weighted by molar-refractivity contribution is 14.0. The molecule has 3 rings (SSSR count). The van der Waals surface area contributed by atoms with Gasteiger partial charge in [0, 0.05) is 45.4 Å². The summed E-state index contributed by atoms with van der Waals surface area (Å²) in [5, 5.41) is 6.67. The van der Waals surface area contributed by atoms with Gasteiger partial charge in [-0.2, -0.15) is 0 Å². The summed E-state index contributed by atoms with van der Waals surface area (Å²) in [5.74, 6) is 0.914. The number of aliphatic imine (C=N–C) groups is 1. The van der Waals surface area contributed by atoms with E-state index >= 15 is 0 Å². The maximum Gasteiger partial charge on any atom is 0.253 e. The molecule has 0 saturated carbocycles. The van der Waals surface area contributed by atoms with E-state index in [-0.39, 0.29) is 35.5 Å². The molecule has 2 saturated heterocycles. The summed E-state index contributed by atoms with van der Waals surface area (Å²) >= 11 is 0. The minimum Gasteiger partial charge on any atom is -0.373 e. The maximum absolute atomic E-state index is 12.5. The monoisotopic (exact) mass is 500 g/mol. The van der Waals surface area contributed by atoms with Gasteiger partial charge in [0.05, 0.1) is 5.60 Å². The number of guanidine groups is 1. The Morgan fingerprint density at radius 1 is 1.14 bits per heavy atom. The summed E-state index contributed by atoms with van der Waals surface area (Å²) < 4.78 is 5.80. The molecule has 2 aliphatic heterocycles. The fraction of sp³-hybridized carbons (Fsp3) is 0.619. The van der Waals surface area contributed by atoms with E-state index in [0.717, 1.165) is 69.0 Å². The van der Waals surface area contributed by atoms with Crippen LogP contribution in [0.1, 0.15) is 54.9 Å². The van der Waals surface area contributed by atoms with Crippen LogP contribution in [0.2, 0.25) is 0 Å². The third kappa shape index (κ3) is 6.34. The lowest BCUT2D eigenvalue weighted by molar-refractivity contribution is 0.0243. The normalized spacial score (nSPS) is 22.5. The molecule has 0 bridgehead atoms. The largest absolute Gasteiger partial charge is 0.373 e. The van der Waals surface area contributed by atoms with Gasteiger partial charge in [0.2, 0.25) is 0 Å². The van der Waals surface area contributed by atoms with Crippen LogP contribution in [-0.2, 0) is 11.3 Å². The lowest BCUT2D eigenvalue weighted by Gasteiger charge is -2.26. The second-order valence-corrected chi connectivity index (χ2v) is 7.73. The summed E-state index contributed by atoms with van der Waals surface area (Å²) in [7, 11) is 1.77. The van der Waals surface area contributed by atoms with Crippen molar-refractivity contribution in [3.8, 4) is 0 Å². The summed E-state index contributed by atoms with van der Waals surface area (Å²) in [6.45, 7) is 6.15. The quantitative estimate of drug-likeness (QED) is 0.371. The van der Waals surface area contributed by atoms with Crippen molar-refractivity contribution in [3.63, 3.8) is 0 Å². The Hall–Kier alpha value is -1.35. The molecule has 0 spiro atoms. The molecule has 1 amide bonds. The van der Waals surface area contributed by atoms with Gasteiger partial charge in [-0.1, -0.05) is 12.1 Å². The fourth-order valence-electron chi connectivity index (χ4n) is 3.70. The van der Waals surface area contributed by atoms with Gasteiger partial charge in [-0.3, -0.25) is 9.79 Å². The van der Waals surface area contributed by atoms with E-state index in [0.29, 0.717) is 6.54 Å². The van der Waals surface area contributed by atoms with Crippen LogP contribution in [0.5, 0.6) is 0 Å². The molecule has 7 heteroatoms. The number of halogens is 1. The highest BCUT2D eigenvalue weighted by Crippen LogP contribution is 2.23. The molecule has 1 unspecified atom stereocenters. The number of carbonyl (C=O) groups excluding carboxylic acids is 1. The van der Waals surface area contributed by atoms with Crippen molar-refractivity contribution in [2.24, 2.45) is 4.99 Å². The third-order valence-electron chi connectivity index (χ3n) is 5.46. The lowest BCUT2D eigenvalue weighted by Crippen LogP contribution is -2.45. The van der Waals surface area contributed by atoms with Crippen molar-refractivity contribution in [3.05, 3.63) is 35.4 Å². The van der Waals surface area contributed by atoms with Crippen molar-refractivity contribution < 1.29 is 9.53 Å². The van der Waals surface area contributed by atoms with Crippen LogP contribution in [0.4, 0.5) is 0 Å². The van der Waals surface area contributed by atoms with Gasteiger partial charge in [0.15, 0.2) is 5.96 Å². The van der Waals surface area contributed by atoms with Crippen molar-refractivity contribution in [2.75, 3.05) is 33.3 Å². The Labute approximate surface area is 185 Å². The van der Waals surface area contributed by atoms with E-state index in [1.807, 2.05) is 29.2 Å². The first-order valence-electron chi connectivity index (χ1n) is 10.1. The Bertz CT molecular complexity index is 651. The molecular weight excluding hydrogens is 467 g/mol. The van der Waals surface area contributed by atoms with E-state index in [1.165, 1.54) is 6.42 Å². The van der Waals surface area contributed by atoms with Gasteiger partial charge in [0.1, 0.15) is 0 Å². The Kier molecular flexibility index (Phi) is 9.01. The number of hydrogen-bond donors (Lipinski definition) is 2. The van der Waals surface area contributed by atoms with Gasteiger partial charge in [-0.05, 0) is 56.7 Å². The smallest absolute Gasteiger partial charge is 0.253 e. The molecule has 0 aliphatic carbocycles. The van der Waals surface area contributed by atoms with Gasteiger partial charge in [-0.15, -0.1) is 24.0 Å². The number of rotatable bonds is 5. The number of ether oxygens (including phenoxy) is 1. The summed E-state index contributed by atoms with van der Waals surface area (Å²) in [6, 6.07) is 7.88. The number of nitrogens with zero attached hydrogens (tertiary/aromatic N) is 2. The molecule has 1 aromatic carbocycles. The standard InChI is InChI=1S/C21H32N4O2.HI/c1-21(11-6-14-27-21)16-24-20(22-2)23-15-17-7-9-18(10-8-17)19(26)25-12-4-3-5-13-25;/h7-10H,3-6,11-16H2,1-2H3,(H2,22,23,24);1H. The van der Waals surface area contributed by atoms with Crippen molar-refractivity contribution >= 4 is 35.8 Å². The first-order chi connectivity index (χ1) is 13.1. The molecule has 156 valence electrons. The van der Waals surface area contributed by atoms with Crippen molar-refractivity contribution in [1.82, 2.24) is 15.5 Å². The first kappa shape index (κ1) is 22.9. The highest BCUT2D eigenvalue weighted by atomic mass is 127. The summed E-state index contributed by atoms with van der Waals surface area (Å²) in [5.41, 5.74) is 1.79. The fourth-order valence-corrected chi connectivity index (χ4v) is 3.70. The number of carbonyl (C=O) groups is 1. The molecule has 2 aliphatic rings. The maximum atomic E-state index is 12.5. The zero-order valence-corrected chi connectivity index (χ0v) is 19.3. The molecule has 1 atom stereocenters. The number of amides is 1. The van der Waals surface area contributed by atoms with Crippen LogP contribution in [0.25, 0.3) is 0 Å². The summed E-state index contributed by atoms with van der Waals surface area (Å²) in [4.78, 5) is 18.8. The second-order valence-electron chi connectivity index (χ2n) is 7.73. The average molecular weight is 500 g/mol. The van der Waals surface area contributed by atoms with Crippen LogP contribution in [0, 0.1) is 0 Å². The Balaban J connectivity index is 0.00000280. The molecule has 0 aromatic heterocycles. The minimum atomic E-state index is -0.103. The number of nitrogens with one attached hydrogen (secondary N) is 2. The molecule has 1 aromatic rings. The van der Waals surface area contributed by atoms with E-state index < -0.39 is 0 Å². The number of hydrogen-bond acceptors (Lipinski definition) is 3. The minimum absolute atomic E-state index is 0. The van der Waals surface area contributed by atoms with Crippen LogP contribution in [-0.4, -0.2) is 55.7 Å². The van der Waals surface area contributed by atoms with E-state index in [2.05, 4.69) is 22.5 Å². The van der Waals surface area contributed by atoms with Crippen LogP contribution < -0.4 is 10.6 Å². The average Bonchev–Trinajstić information content (AvgIpc) is 3.15. The Morgan fingerprint density at radius 3 is 2.46 bits per heavy atom. The SMILES string of the molecule is CN=C(NCc1ccc(C(=O)N2CCCCC2)cc1)NCC1(C)CCCO1.I. The van der Waals surface area contributed by atoms with Crippen LogP contribution in [0.3, 0.4) is 0 Å². The van der Waals surface area contributed by atoms with Gasteiger partial charge < -0.3 is 20.3 Å². The molecule has 2 fully saturated rings. The Morgan fingerprint density at radius 2 is 1.86 bits per heavy atom. The molecule has 28 heavy (non-hydrogen) atoms. The lowest BCUT2D eigenvalue weighted by atomic mass is 10.0. The molecular formula is C21H33IN4O2. The van der Waals surface area contributed by atoms with Gasteiger partial charge in [-0.25, -0.2) is 0 Å². The topological polar surface area (TPSA) is 66.0 Å². The van der Waals surface area contributed by atoms with Crippen LogP contribution >= 0.6 is 24.0 Å². The van der Waals surface area contributed by atoms with Gasteiger partial charge in [0.25, 0.3) is 5.91 Å². The zero-order chi connectivity index (χ0) is 19.1. The van der Waals surface area contributed by atoms with Crippen molar-refractivity contribution in [2.45, 2.75) is 51.2 Å². The molecule has 6 nitrogen and oxygen atoms in total. The number of likely N-dealkylation sites (tertiary alicyclic amines) is 1. The van der Waals surface area contributed by atoms with E-state index in [1.54, 1.807) is 7.05 Å². The predicted octanol–water partition coefficient (Wildman–Crippen LogP) is 3.16. The van der Waals surface area contributed by atoms with E-state index in [4.69, 9.17) is 4.74 Å². The molecule has 0 radical (unpaired) electrons. The number of piperidine rings is 1. The van der Waals surface area contributed by atoms with Gasteiger partial charge >= 0.3 is 0 Å². The third-order valence-corrected chi connectivity index (χ3v) is 5.46. The summed E-state index contributed by atoms with van der Waals surface area (Å²) in [6.07, 6.45) is 5.65. The van der Waals surface area contributed by atoms with Crippen LogP contribution in [0.15, 0.2) is 29.3 Å². The number of benzene rings is 1. The predicted molar refractivity (Wildman–Crippen MR) is 123 cm³/mol. The zero-order valence-electron chi connectivity index (χ0n) is 17.0. The second kappa shape index (κ2) is 11.0. The van der Waals surface area contributed by atoms with E-state index in [9.17, 15) is 4.79 Å². The van der Waals surface area contributed by atoms with Crippen molar-refractivity contribution in [1.29, 1.82) is 0 Å². The highest BCUT2D eigenvalue weighted by Gasteiger charge is 2.29. The molecule has 2 N–H and O–H groups in total. The molecule has 2 heterocycles.